The van der Waals surface area contributed by atoms with Crippen molar-refractivity contribution in [2.45, 2.75) is 44.7 Å². The van der Waals surface area contributed by atoms with E-state index in [2.05, 4.69) is 0 Å². The monoisotopic (exact) mass is 258 g/mol. The normalized spacial score (nSPS) is 46.8. The SMILES string of the molecule is COC(=O)[C@]12[C@@H](C(C)=O)O[C@H](C[C@H](O)[C@@H]1O)[C@H]2C. The summed E-state index contributed by atoms with van der Waals surface area (Å²) in [5, 5.41) is 20.1. The van der Waals surface area contributed by atoms with Gasteiger partial charge in [0.25, 0.3) is 0 Å². The third-order valence-electron chi connectivity index (χ3n) is 4.29. The zero-order valence-electron chi connectivity index (χ0n) is 10.6. The molecule has 1 heterocycles. The van der Waals surface area contributed by atoms with Crippen LogP contribution in [0.1, 0.15) is 20.3 Å². The number of hydrogen-bond acceptors (Lipinski definition) is 6. The fourth-order valence-corrected chi connectivity index (χ4v) is 3.34. The molecule has 18 heavy (non-hydrogen) atoms. The van der Waals surface area contributed by atoms with E-state index in [1.165, 1.54) is 14.0 Å². The molecule has 1 saturated heterocycles. The highest BCUT2D eigenvalue weighted by Gasteiger charge is 2.69. The summed E-state index contributed by atoms with van der Waals surface area (Å²) in [5.74, 6) is -1.43. The van der Waals surface area contributed by atoms with E-state index >= 15 is 0 Å². The van der Waals surface area contributed by atoms with E-state index in [1.807, 2.05) is 0 Å². The number of hydrogen-bond donors (Lipinski definition) is 2. The van der Waals surface area contributed by atoms with Gasteiger partial charge in [0.05, 0.1) is 25.4 Å². The maximum Gasteiger partial charge on any atom is 0.318 e. The highest BCUT2D eigenvalue weighted by atomic mass is 16.5. The number of rotatable bonds is 2. The molecular weight excluding hydrogens is 240 g/mol. The molecule has 6 heteroatoms. The minimum Gasteiger partial charge on any atom is -0.468 e. The van der Waals surface area contributed by atoms with Gasteiger partial charge in [-0.1, -0.05) is 6.92 Å². The van der Waals surface area contributed by atoms with Crippen LogP contribution in [0.3, 0.4) is 0 Å². The highest BCUT2D eigenvalue weighted by Crippen LogP contribution is 2.53. The summed E-state index contributed by atoms with van der Waals surface area (Å²) in [4.78, 5) is 23.8. The Kier molecular flexibility index (Phi) is 3.21. The fraction of sp³-hybridized carbons (Fsp3) is 0.833. The quantitative estimate of drug-likeness (QED) is 0.634. The summed E-state index contributed by atoms with van der Waals surface area (Å²) in [7, 11) is 1.20. The van der Waals surface area contributed by atoms with E-state index in [0.717, 1.165) is 0 Å². The Hall–Kier alpha value is -0.980. The topological polar surface area (TPSA) is 93.1 Å². The first-order valence-electron chi connectivity index (χ1n) is 5.97. The van der Waals surface area contributed by atoms with Gasteiger partial charge in [0, 0.05) is 12.3 Å². The zero-order chi connectivity index (χ0) is 13.7. The smallest absolute Gasteiger partial charge is 0.318 e. The van der Waals surface area contributed by atoms with Gasteiger partial charge >= 0.3 is 5.97 Å². The average molecular weight is 258 g/mol. The van der Waals surface area contributed by atoms with Gasteiger partial charge in [0.2, 0.25) is 0 Å². The van der Waals surface area contributed by atoms with Crippen LogP contribution in [0, 0.1) is 11.3 Å². The molecule has 102 valence electrons. The Balaban J connectivity index is 2.54. The van der Waals surface area contributed by atoms with Gasteiger partial charge in [-0.15, -0.1) is 0 Å². The van der Waals surface area contributed by atoms with E-state index < -0.39 is 35.8 Å². The maximum atomic E-state index is 12.1. The molecule has 2 rings (SSSR count). The van der Waals surface area contributed by atoms with Crippen LogP contribution >= 0.6 is 0 Å². The maximum absolute atomic E-state index is 12.1. The molecule has 2 aliphatic rings. The number of aliphatic hydroxyl groups excluding tert-OH is 2. The van der Waals surface area contributed by atoms with Crippen molar-refractivity contribution in [3.63, 3.8) is 0 Å². The predicted molar refractivity (Wildman–Crippen MR) is 59.6 cm³/mol. The predicted octanol–water partition coefficient (Wildman–Crippen LogP) is -0.736. The molecular formula is C12H18O6. The second-order valence-electron chi connectivity index (χ2n) is 5.13. The number of ether oxygens (including phenoxy) is 2. The van der Waals surface area contributed by atoms with Crippen LogP contribution in [-0.2, 0) is 19.1 Å². The second kappa shape index (κ2) is 4.29. The summed E-state index contributed by atoms with van der Waals surface area (Å²) in [6.45, 7) is 3.04. The summed E-state index contributed by atoms with van der Waals surface area (Å²) >= 11 is 0. The lowest BCUT2D eigenvalue weighted by Gasteiger charge is -2.42. The third kappa shape index (κ3) is 1.46. The largest absolute Gasteiger partial charge is 0.468 e. The lowest BCUT2D eigenvalue weighted by atomic mass is 9.61. The Morgan fingerprint density at radius 3 is 2.50 bits per heavy atom. The van der Waals surface area contributed by atoms with Crippen molar-refractivity contribution in [1.82, 2.24) is 0 Å². The lowest BCUT2D eigenvalue weighted by molar-refractivity contribution is -0.181. The Bertz CT molecular complexity index is 381. The van der Waals surface area contributed by atoms with Crippen molar-refractivity contribution in [1.29, 1.82) is 0 Å². The van der Waals surface area contributed by atoms with Gasteiger partial charge in [-0.05, 0) is 6.92 Å². The Labute approximate surface area is 105 Å². The molecule has 0 aromatic rings. The van der Waals surface area contributed by atoms with Gasteiger partial charge < -0.3 is 19.7 Å². The number of fused-ring (bicyclic) bond motifs is 2. The Morgan fingerprint density at radius 1 is 1.39 bits per heavy atom. The molecule has 0 amide bonds. The lowest BCUT2D eigenvalue weighted by Crippen LogP contribution is -2.61. The molecule has 1 aliphatic carbocycles. The number of ketones is 1. The van der Waals surface area contributed by atoms with Gasteiger partial charge in [-0.25, -0.2) is 0 Å². The van der Waals surface area contributed by atoms with E-state index in [9.17, 15) is 19.8 Å². The molecule has 0 radical (unpaired) electrons. The summed E-state index contributed by atoms with van der Waals surface area (Å²) < 4.78 is 10.3. The number of esters is 1. The number of methoxy groups -OCH3 is 1. The van der Waals surface area contributed by atoms with Crippen molar-refractivity contribution >= 4 is 11.8 Å². The zero-order valence-corrected chi connectivity index (χ0v) is 10.6. The number of aliphatic hydroxyl groups is 2. The van der Waals surface area contributed by atoms with Crippen LogP contribution < -0.4 is 0 Å². The van der Waals surface area contributed by atoms with Crippen LogP contribution in [0.15, 0.2) is 0 Å². The average Bonchev–Trinajstić information content (AvgIpc) is 2.55. The molecule has 1 aliphatic heterocycles. The highest BCUT2D eigenvalue weighted by molar-refractivity contribution is 5.91. The minimum absolute atomic E-state index is 0.213. The van der Waals surface area contributed by atoms with Gasteiger partial charge in [0.15, 0.2) is 5.78 Å². The molecule has 0 aromatic carbocycles. The van der Waals surface area contributed by atoms with Crippen molar-refractivity contribution < 1.29 is 29.3 Å². The van der Waals surface area contributed by atoms with Crippen LogP contribution in [0.2, 0.25) is 0 Å². The van der Waals surface area contributed by atoms with Gasteiger partial charge in [0.1, 0.15) is 11.5 Å². The molecule has 0 spiro atoms. The van der Waals surface area contributed by atoms with Gasteiger partial charge in [-0.2, -0.15) is 0 Å². The number of carbonyl (C=O) groups is 2. The Morgan fingerprint density at radius 2 is 2.00 bits per heavy atom. The molecule has 0 unspecified atom stereocenters. The molecule has 6 nitrogen and oxygen atoms in total. The molecule has 0 aromatic heterocycles. The summed E-state index contributed by atoms with van der Waals surface area (Å²) in [6, 6.07) is 0. The summed E-state index contributed by atoms with van der Waals surface area (Å²) in [6.07, 6.45) is -3.71. The van der Waals surface area contributed by atoms with E-state index in [-0.39, 0.29) is 18.1 Å². The van der Waals surface area contributed by atoms with Crippen LogP contribution in [-0.4, -0.2) is 53.5 Å². The van der Waals surface area contributed by atoms with Gasteiger partial charge in [-0.3, -0.25) is 9.59 Å². The van der Waals surface area contributed by atoms with Crippen molar-refractivity contribution in [3.8, 4) is 0 Å². The van der Waals surface area contributed by atoms with Crippen molar-refractivity contribution in [2.75, 3.05) is 7.11 Å². The number of carbonyl (C=O) groups excluding carboxylic acids is 2. The summed E-state index contributed by atoms with van der Waals surface area (Å²) in [5.41, 5.74) is -1.50. The third-order valence-corrected chi connectivity index (χ3v) is 4.29. The van der Waals surface area contributed by atoms with Crippen molar-refractivity contribution in [3.05, 3.63) is 0 Å². The van der Waals surface area contributed by atoms with E-state index in [0.29, 0.717) is 0 Å². The first-order chi connectivity index (χ1) is 8.37. The van der Waals surface area contributed by atoms with Crippen LogP contribution in [0.25, 0.3) is 0 Å². The molecule has 2 fully saturated rings. The molecule has 2 N–H and O–H groups in total. The van der Waals surface area contributed by atoms with Crippen LogP contribution in [0.4, 0.5) is 0 Å². The first kappa shape index (κ1) is 13.5. The van der Waals surface area contributed by atoms with Crippen LogP contribution in [0.5, 0.6) is 0 Å². The van der Waals surface area contributed by atoms with E-state index in [1.54, 1.807) is 6.92 Å². The van der Waals surface area contributed by atoms with Crippen molar-refractivity contribution in [2.24, 2.45) is 11.3 Å². The van der Waals surface area contributed by atoms with E-state index in [4.69, 9.17) is 9.47 Å². The molecule has 6 atom stereocenters. The fourth-order valence-electron chi connectivity index (χ4n) is 3.34. The molecule has 2 bridgehead atoms. The second-order valence-corrected chi connectivity index (χ2v) is 5.13. The number of Topliss-reactive ketones (excluding diaryl/α,β-unsaturated/α-hetero) is 1. The minimum atomic E-state index is -1.50. The molecule has 1 saturated carbocycles. The first-order valence-corrected chi connectivity index (χ1v) is 5.97. The standard InChI is InChI=1S/C12H18O6/c1-5-8-4-7(14)9(15)12(5,11(16)17-3)10(18-8)6(2)13/h5,7-10,14-15H,4H2,1-3H3/t5-,7+,8-,9+,10-,12+/m1/s1.